The van der Waals surface area contributed by atoms with E-state index < -0.39 is 0 Å². The lowest BCUT2D eigenvalue weighted by Crippen LogP contribution is -2.37. The van der Waals surface area contributed by atoms with Crippen LogP contribution >= 0.6 is 0 Å². The van der Waals surface area contributed by atoms with Gasteiger partial charge in [-0.3, -0.25) is 9.69 Å². The molecule has 7 heteroatoms. The molecule has 1 saturated heterocycles. The van der Waals surface area contributed by atoms with Crippen molar-refractivity contribution in [1.29, 1.82) is 0 Å². The van der Waals surface area contributed by atoms with Gasteiger partial charge in [0.05, 0.1) is 19.4 Å². The summed E-state index contributed by atoms with van der Waals surface area (Å²) in [5.74, 6) is 1.08. The molecule has 0 unspecified atom stereocenters. The van der Waals surface area contributed by atoms with Crippen molar-refractivity contribution in [1.82, 2.24) is 4.90 Å². The first-order valence-electron chi connectivity index (χ1n) is 8.84. The summed E-state index contributed by atoms with van der Waals surface area (Å²) >= 11 is 0. The van der Waals surface area contributed by atoms with Gasteiger partial charge in [0.2, 0.25) is 5.91 Å². The molecule has 2 aromatic rings. The molecule has 0 aromatic heterocycles. The number of rotatable bonds is 7. The number of nitrogens with one attached hydrogen (secondary N) is 1. The fraction of sp³-hybridized carbons (Fsp3) is 0.300. The van der Waals surface area contributed by atoms with Crippen LogP contribution in [0, 0.1) is 0 Å². The van der Waals surface area contributed by atoms with Gasteiger partial charge in [-0.15, -0.1) is 0 Å². The Hall–Kier alpha value is -3.22. The number of para-hydroxylation sites is 2. The lowest BCUT2D eigenvalue weighted by molar-refractivity contribution is -0.116. The van der Waals surface area contributed by atoms with E-state index in [0.717, 1.165) is 11.4 Å². The first kappa shape index (κ1) is 18.6. The van der Waals surface area contributed by atoms with Crippen LogP contribution in [0.1, 0.15) is 6.92 Å². The zero-order valence-electron chi connectivity index (χ0n) is 15.5. The van der Waals surface area contributed by atoms with Gasteiger partial charge in [-0.05, 0) is 43.3 Å². The fourth-order valence-corrected chi connectivity index (χ4v) is 2.97. The van der Waals surface area contributed by atoms with Gasteiger partial charge in [0, 0.05) is 18.8 Å². The quantitative estimate of drug-likeness (QED) is 0.815. The maximum atomic E-state index is 12.6. The number of nitrogens with zero attached hydrogens (tertiary/aromatic N) is 2. The van der Waals surface area contributed by atoms with E-state index in [-0.39, 0.29) is 18.5 Å². The summed E-state index contributed by atoms with van der Waals surface area (Å²) in [4.78, 5) is 28.2. The summed E-state index contributed by atoms with van der Waals surface area (Å²) in [6, 6.07) is 14.3. The maximum absolute atomic E-state index is 12.6. The van der Waals surface area contributed by atoms with Gasteiger partial charge in [-0.1, -0.05) is 12.1 Å². The first-order valence-corrected chi connectivity index (χ1v) is 8.84. The molecule has 7 nitrogen and oxygen atoms in total. The average molecular weight is 369 g/mol. The van der Waals surface area contributed by atoms with Crippen LogP contribution in [-0.2, 0) is 4.79 Å². The Labute approximate surface area is 158 Å². The van der Waals surface area contributed by atoms with E-state index in [1.807, 2.05) is 43.3 Å². The second-order valence-corrected chi connectivity index (χ2v) is 6.03. The predicted molar refractivity (Wildman–Crippen MR) is 104 cm³/mol. The molecule has 2 aromatic carbocycles. The Kier molecular flexibility index (Phi) is 5.80. The molecule has 0 atom stereocenters. The molecule has 1 N–H and O–H groups in total. The third kappa shape index (κ3) is 4.31. The lowest BCUT2D eigenvalue weighted by Gasteiger charge is -2.19. The zero-order valence-corrected chi connectivity index (χ0v) is 15.5. The fourth-order valence-electron chi connectivity index (χ4n) is 2.97. The highest BCUT2D eigenvalue weighted by atomic mass is 16.5. The largest absolute Gasteiger partial charge is 0.495 e. The van der Waals surface area contributed by atoms with Crippen LogP contribution in [0.5, 0.6) is 11.5 Å². The minimum atomic E-state index is -0.263. The number of anilines is 2. The number of amides is 3. The summed E-state index contributed by atoms with van der Waals surface area (Å²) in [6.45, 7) is 3.54. The highest BCUT2D eigenvalue weighted by Gasteiger charge is 2.30. The Morgan fingerprint density at radius 2 is 1.85 bits per heavy atom. The predicted octanol–water partition coefficient (Wildman–Crippen LogP) is 2.97. The van der Waals surface area contributed by atoms with Gasteiger partial charge in [-0.2, -0.15) is 0 Å². The van der Waals surface area contributed by atoms with E-state index >= 15 is 0 Å². The average Bonchev–Trinajstić information content (AvgIpc) is 3.03. The third-order valence-corrected chi connectivity index (χ3v) is 4.27. The highest BCUT2D eigenvalue weighted by molar-refractivity contribution is 5.99. The Balaban J connectivity index is 1.60. The number of hydrogen-bond acceptors (Lipinski definition) is 4. The molecular weight excluding hydrogens is 346 g/mol. The van der Waals surface area contributed by atoms with E-state index in [0.29, 0.717) is 31.1 Å². The number of carbonyl (C=O) groups excluding carboxylic acids is 2. The number of benzene rings is 2. The molecule has 1 aliphatic heterocycles. The van der Waals surface area contributed by atoms with Crippen LogP contribution in [-0.4, -0.2) is 50.2 Å². The van der Waals surface area contributed by atoms with Gasteiger partial charge in [0.15, 0.2) is 0 Å². The molecule has 1 heterocycles. The smallest absolute Gasteiger partial charge is 0.325 e. The van der Waals surface area contributed by atoms with Crippen LogP contribution in [0.15, 0.2) is 48.5 Å². The first-order chi connectivity index (χ1) is 13.1. The number of methoxy groups -OCH3 is 1. The van der Waals surface area contributed by atoms with E-state index in [1.54, 1.807) is 24.1 Å². The summed E-state index contributed by atoms with van der Waals surface area (Å²) in [7, 11) is 1.55. The van der Waals surface area contributed by atoms with Crippen molar-refractivity contribution in [2.45, 2.75) is 6.92 Å². The van der Waals surface area contributed by atoms with Crippen LogP contribution in [0.4, 0.5) is 16.2 Å². The summed E-state index contributed by atoms with van der Waals surface area (Å²) in [5.41, 5.74) is 1.37. The van der Waals surface area contributed by atoms with Gasteiger partial charge in [0.25, 0.3) is 0 Å². The molecule has 3 amide bonds. The normalized spacial score (nSPS) is 13.6. The third-order valence-electron chi connectivity index (χ3n) is 4.27. The van der Waals surface area contributed by atoms with E-state index in [9.17, 15) is 9.59 Å². The number of ether oxygens (including phenoxy) is 2. The van der Waals surface area contributed by atoms with Crippen molar-refractivity contribution in [3.8, 4) is 11.5 Å². The standard InChI is InChI=1S/C20H23N3O4/c1-3-27-16-10-8-15(9-11-16)23-13-12-22(20(23)25)14-19(24)21-17-6-4-5-7-18(17)26-2/h4-11H,3,12-14H2,1-2H3,(H,21,24). The SMILES string of the molecule is CCOc1ccc(N2CCN(CC(=O)Nc3ccccc3OC)C2=O)cc1. The molecular formula is C20H23N3O4. The molecule has 1 fully saturated rings. The molecule has 142 valence electrons. The molecule has 0 saturated carbocycles. The number of urea groups is 1. The summed E-state index contributed by atoms with van der Waals surface area (Å²) < 4.78 is 10.6. The minimum Gasteiger partial charge on any atom is -0.495 e. The molecule has 27 heavy (non-hydrogen) atoms. The molecule has 0 bridgehead atoms. The van der Waals surface area contributed by atoms with Crippen molar-refractivity contribution in [2.24, 2.45) is 0 Å². The molecule has 3 rings (SSSR count). The van der Waals surface area contributed by atoms with Gasteiger partial charge in [-0.25, -0.2) is 4.79 Å². The van der Waals surface area contributed by atoms with Gasteiger partial charge in [0.1, 0.15) is 18.0 Å². The Morgan fingerprint density at radius 3 is 2.56 bits per heavy atom. The van der Waals surface area contributed by atoms with E-state index in [4.69, 9.17) is 9.47 Å². The van der Waals surface area contributed by atoms with Crippen molar-refractivity contribution < 1.29 is 19.1 Å². The van der Waals surface area contributed by atoms with Crippen LogP contribution in [0.3, 0.4) is 0 Å². The van der Waals surface area contributed by atoms with E-state index in [2.05, 4.69) is 5.32 Å². The van der Waals surface area contributed by atoms with Crippen LogP contribution < -0.4 is 19.7 Å². The second-order valence-electron chi connectivity index (χ2n) is 6.03. The highest BCUT2D eigenvalue weighted by Crippen LogP contribution is 2.25. The monoisotopic (exact) mass is 369 g/mol. The van der Waals surface area contributed by atoms with E-state index in [1.165, 1.54) is 4.90 Å². The molecule has 0 spiro atoms. The molecule has 1 aliphatic rings. The van der Waals surface area contributed by atoms with Crippen molar-refractivity contribution in [2.75, 3.05) is 43.6 Å². The summed E-state index contributed by atoms with van der Waals surface area (Å²) in [6.07, 6.45) is 0. The van der Waals surface area contributed by atoms with Crippen molar-refractivity contribution in [3.05, 3.63) is 48.5 Å². The van der Waals surface area contributed by atoms with Crippen molar-refractivity contribution >= 4 is 23.3 Å². The zero-order chi connectivity index (χ0) is 19.2. The lowest BCUT2D eigenvalue weighted by atomic mass is 10.3. The molecule has 0 aliphatic carbocycles. The van der Waals surface area contributed by atoms with Crippen LogP contribution in [0.25, 0.3) is 0 Å². The second kappa shape index (κ2) is 8.44. The van der Waals surface area contributed by atoms with Gasteiger partial charge < -0.3 is 19.7 Å². The number of hydrogen-bond donors (Lipinski definition) is 1. The minimum absolute atomic E-state index is 0.00951. The Bertz CT molecular complexity index is 807. The van der Waals surface area contributed by atoms with Gasteiger partial charge >= 0.3 is 6.03 Å². The topological polar surface area (TPSA) is 71.1 Å². The molecule has 0 radical (unpaired) electrons. The van der Waals surface area contributed by atoms with Crippen molar-refractivity contribution in [3.63, 3.8) is 0 Å². The number of carbonyl (C=O) groups is 2. The maximum Gasteiger partial charge on any atom is 0.325 e. The van der Waals surface area contributed by atoms with Crippen LogP contribution in [0.2, 0.25) is 0 Å². The Morgan fingerprint density at radius 1 is 1.11 bits per heavy atom. The summed E-state index contributed by atoms with van der Waals surface area (Å²) in [5, 5.41) is 2.79.